The maximum Gasteiger partial charge on any atom is 0.270 e. The van der Waals surface area contributed by atoms with E-state index in [4.69, 9.17) is 11.6 Å². The number of hydrogen-bond donors (Lipinski definition) is 1. The van der Waals surface area contributed by atoms with E-state index in [2.05, 4.69) is 21.2 Å². The number of carbonyl (C=O) groups is 1. The largest absolute Gasteiger partial charge is 0.319 e. The number of nitrogens with zero attached hydrogens (tertiary/aromatic N) is 1. The van der Waals surface area contributed by atoms with Crippen LogP contribution in [0.2, 0.25) is 5.02 Å². The number of nitro groups is 1. The molecule has 8 heteroatoms. The summed E-state index contributed by atoms with van der Waals surface area (Å²) in [4.78, 5) is 22.2. The molecule has 1 N–H and O–H groups in total. The highest BCUT2D eigenvalue weighted by Gasteiger charge is 2.17. The van der Waals surface area contributed by atoms with Crippen LogP contribution in [0.15, 0.2) is 40.9 Å². The highest BCUT2D eigenvalue weighted by molar-refractivity contribution is 9.10. The smallest absolute Gasteiger partial charge is 0.270 e. The first-order valence-corrected chi connectivity index (χ1v) is 6.76. The van der Waals surface area contributed by atoms with Gasteiger partial charge in [0.2, 0.25) is 0 Å². The molecule has 0 saturated carbocycles. The van der Waals surface area contributed by atoms with Crippen LogP contribution >= 0.6 is 27.5 Å². The average Bonchev–Trinajstić information content (AvgIpc) is 2.44. The number of non-ortho nitro benzene ring substituents is 1. The van der Waals surface area contributed by atoms with Gasteiger partial charge in [-0.3, -0.25) is 14.9 Å². The van der Waals surface area contributed by atoms with Gasteiger partial charge < -0.3 is 5.32 Å². The summed E-state index contributed by atoms with van der Waals surface area (Å²) in [6.07, 6.45) is 0. The Kier molecular flexibility index (Phi) is 4.54. The fraction of sp³-hybridized carbons (Fsp3) is 0. The second-order valence-corrected chi connectivity index (χ2v) is 5.24. The summed E-state index contributed by atoms with van der Waals surface area (Å²) in [6, 6.07) is 7.88. The third kappa shape index (κ3) is 3.37. The zero-order chi connectivity index (χ0) is 15.6. The maximum absolute atomic E-state index is 13.7. The van der Waals surface area contributed by atoms with Crippen LogP contribution in [-0.4, -0.2) is 10.8 Å². The van der Waals surface area contributed by atoms with Crippen LogP contribution in [-0.2, 0) is 0 Å². The molecule has 0 atom stereocenters. The number of anilines is 1. The third-order valence-corrected chi connectivity index (χ3v) is 3.59. The molecule has 21 heavy (non-hydrogen) atoms. The fourth-order valence-electron chi connectivity index (χ4n) is 1.59. The van der Waals surface area contributed by atoms with Crippen molar-refractivity contribution in [1.29, 1.82) is 0 Å². The van der Waals surface area contributed by atoms with Crippen molar-refractivity contribution in [2.24, 2.45) is 0 Å². The lowest BCUT2D eigenvalue weighted by atomic mass is 10.2. The normalized spacial score (nSPS) is 10.2. The number of hydrogen-bond acceptors (Lipinski definition) is 3. The van der Waals surface area contributed by atoms with Gasteiger partial charge in [-0.1, -0.05) is 17.7 Å². The predicted octanol–water partition coefficient (Wildman–Crippen LogP) is 4.40. The molecule has 0 unspecified atom stereocenters. The van der Waals surface area contributed by atoms with Crippen molar-refractivity contribution in [1.82, 2.24) is 0 Å². The summed E-state index contributed by atoms with van der Waals surface area (Å²) in [5, 5.41) is 12.9. The quantitative estimate of drug-likeness (QED) is 0.640. The van der Waals surface area contributed by atoms with Crippen LogP contribution in [0.4, 0.5) is 15.8 Å². The van der Waals surface area contributed by atoms with Crippen LogP contribution < -0.4 is 5.32 Å². The van der Waals surface area contributed by atoms with Crippen molar-refractivity contribution in [3.05, 3.63) is 67.4 Å². The van der Waals surface area contributed by atoms with E-state index in [0.29, 0.717) is 4.47 Å². The topological polar surface area (TPSA) is 72.2 Å². The molecule has 0 bridgehead atoms. The van der Waals surface area contributed by atoms with Gasteiger partial charge in [0, 0.05) is 16.6 Å². The predicted molar refractivity (Wildman–Crippen MR) is 80.2 cm³/mol. The Balaban J connectivity index is 2.34. The van der Waals surface area contributed by atoms with E-state index in [1.54, 1.807) is 0 Å². The molecule has 2 rings (SSSR count). The molecule has 2 aromatic rings. The van der Waals surface area contributed by atoms with Crippen LogP contribution in [0.1, 0.15) is 10.4 Å². The molecular weight excluding hydrogens is 367 g/mol. The Hall–Kier alpha value is -1.99. The summed E-state index contributed by atoms with van der Waals surface area (Å²) in [5.74, 6) is -1.46. The second-order valence-electron chi connectivity index (χ2n) is 3.98. The summed E-state index contributed by atoms with van der Waals surface area (Å²) in [5.41, 5.74) is -0.329. The number of nitro benzene ring substituents is 1. The molecule has 2 aromatic carbocycles. The highest BCUT2D eigenvalue weighted by Crippen LogP contribution is 2.26. The van der Waals surface area contributed by atoms with Crippen molar-refractivity contribution in [3.8, 4) is 0 Å². The molecule has 0 aromatic heterocycles. The lowest BCUT2D eigenvalue weighted by Gasteiger charge is -2.08. The molecule has 0 saturated heterocycles. The Morgan fingerprint density at radius 1 is 1.33 bits per heavy atom. The van der Waals surface area contributed by atoms with Gasteiger partial charge in [-0.25, -0.2) is 4.39 Å². The van der Waals surface area contributed by atoms with Gasteiger partial charge in [0.05, 0.1) is 21.2 Å². The van der Waals surface area contributed by atoms with Gasteiger partial charge in [-0.2, -0.15) is 0 Å². The lowest BCUT2D eigenvalue weighted by molar-refractivity contribution is -0.384. The first kappa shape index (κ1) is 15.4. The maximum atomic E-state index is 13.7. The van der Waals surface area contributed by atoms with E-state index >= 15 is 0 Å². The van der Waals surface area contributed by atoms with E-state index in [1.807, 2.05) is 0 Å². The third-order valence-electron chi connectivity index (χ3n) is 2.61. The molecule has 1 amide bonds. The Bertz CT molecular complexity index is 739. The Morgan fingerprint density at radius 3 is 2.71 bits per heavy atom. The van der Waals surface area contributed by atoms with Gasteiger partial charge in [-0.15, -0.1) is 0 Å². The van der Waals surface area contributed by atoms with E-state index in [9.17, 15) is 19.3 Å². The standard InChI is InChI=1S/C13H7BrClFN2O3/c14-9-5-4-7(18(20)21)6-8(9)13(19)17-11-3-1-2-10(15)12(11)16/h1-6H,(H,17,19). The lowest BCUT2D eigenvalue weighted by Crippen LogP contribution is -2.14. The first-order valence-electron chi connectivity index (χ1n) is 5.59. The summed E-state index contributed by atoms with van der Waals surface area (Å²) < 4.78 is 14.1. The SMILES string of the molecule is O=C(Nc1cccc(Cl)c1F)c1cc([N+](=O)[O-])ccc1Br. The van der Waals surface area contributed by atoms with Crippen molar-refractivity contribution >= 4 is 44.8 Å². The van der Waals surface area contributed by atoms with Gasteiger partial charge in [0.1, 0.15) is 0 Å². The number of rotatable bonds is 3. The van der Waals surface area contributed by atoms with Crippen LogP contribution in [0.25, 0.3) is 0 Å². The Morgan fingerprint density at radius 2 is 2.05 bits per heavy atom. The summed E-state index contributed by atoms with van der Waals surface area (Å²) in [6.45, 7) is 0. The number of nitrogens with one attached hydrogen (secondary N) is 1. The molecule has 5 nitrogen and oxygen atoms in total. The molecule has 108 valence electrons. The van der Waals surface area contributed by atoms with Gasteiger partial charge >= 0.3 is 0 Å². The first-order chi connectivity index (χ1) is 9.90. The number of carbonyl (C=O) groups excluding carboxylic acids is 1. The minimum atomic E-state index is -0.769. The number of benzene rings is 2. The molecule has 0 aliphatic carbocycles. The molecule has 0 heterocycles. The van der Waals surface area contributed by atoms with Crippen molar-refractivity contribution in [3.63, 3.8) is 0 Å². The van der Waals surface area contributed by atoms with Crippen molar-refractivity contribution in [2.45, 2.75) is 0 Å². The van der Waals surface area contributed by atoms with Crippen molar-refractivity contribution in [2.75, 3.05) is 5.32 Å². The van der Waals surface area contributed by atoms with Gasteiger partial charge in [0.25, 0.3) is 11.6 Å². The minimum Gasteiger partial charge on any atom is -0.319 e. The molecule has 0 aliphatic heterocycles. The van der Waals surface area contributed by atoms with Gasteiger partial charge in [0.15, 0.2) is 5.82 Å². The molecular formula is C13H7BrClFN2O3. The van der Waals surface area contributed by atoms with E-state index < -0.39 is 16.6 Å². The Labute approximate surface area is 132 Å². The highest BCUT2D eigenvalue weighted by atomic mass is 79.9. The van der Waals surface area contributed by atoms with Crippen LogP contribution in [0.5, 0.6) is 0 Å². The minimum absolute atomic E-state index is 0.0172. The molecule has 0 fully saturated rings. The molecule has 0 spiro atoms. The monoisotopic (exact) mass is 372 g/mol. The fourth-order valence-corrected chi connectivity index (χ4v) is 2.19. The van der Waals surface area contributed by atoms with Gasteiger partial charge in [-0.05, 0) is 34.1 Å². The summed E-state index contributed by atoms with van der Waals surface area (Å²) in [7, 11) is 0. The van der Waals surface area contributed by atoms with E-state index in [0.717, 1.165) is 6.07 Å². The summed E-state index contributed by atoms with van der Waals surface area (Å²) >= 11 is 8.74. The zero-order valence-corrected chi connectivity index (χ0v) is 12.6. The molecule has 0 radical (unpaired) electrons. The van der Waals surface area contributed by atoms with Crippen molar-refractivity contribution < 1.29 is 14.1 Å². The number of halogens is 3. The van der Waals surface area contributed by atoms with Crippen LogP contribution in [0, 0.1) is 15.9 Å². The van der Waals surface area contributed by atoms with E-state index in [1.165, 1.54) is 30.3 Å². The number of amides is 1. The molecule has 0 aliphatic rings. The van der Waals surface area contributed by atoms with Crippen LogP contribution in [0.3, 0.4) is 0 Å². The average molecular weight is 374 g/mol. The second kappa shape index (κ2) is 6.19. The van der Waals surface area contributed by atoms with E-state index in [-0.39, 0.29) is 22.0 Å². The zero-order valence-electron chi connectivity index (χ0n) is 10.3.